The van der Waals surface area contributed by atoms with Crippen molar-refractivity contribution >= 4 is 17.9 Å². The van der Waals surface area contributed by atoms with Gasteiger partial charge in [-0.1, -0.05) is 18.2 Å². The van der Waals surface area contributed by atoms with Crippen molar-refractivity contribution in [1.29, 1.82) is 0 Å². The Morgan fingerprint density at radius 2 is 1.88 bits per heavy atom. The number of methoxy groups -OCH3 is 1. The van der Waals surface area contributed by atoms with Crippen LogP contribution in [0.3, 0.4) is 0 Å². The molecule has 1 aromatic rings. The number of nitrogens with zero attached hydrogens (tertiary/aromatic N) is 2. The van der Waals surface area contributed by atoms with Gasteiger partial charge in [-0.3, -0.25) is 10.2 Å². The molecule has 0 saturated carbocycles. The number of piperidine rings is 2. The van der Waals surface area contributed by atoms with Crippen molar-refractivity contribution in [2.75, 3.05) is 38.6 Å². The molecule has 0 aromatic heterocycles. The fraction of sp³-hybridized carbons (Fsp3) is 0.579. The second-order valence-corrected chi connectivity index (χ2v) is 7.28. The Labute approximate surface area is 153 Å². The average molecular weight is 359 g/mol. The summed E-state index contributed by atoms with van der Waals surface area (Å²) in [5.41, 5.74) is 1.44. The number of fused-ring (bicyclic) bond motifs is 2. The zero-order chi connectivity index (χ0) is 18.1. The minimum absolute atomic E-state index is 0.237. The van der Waals surface area contributed by atoms with Gasteiger partial charge in [-0.2, -0.15) is 0 Å². The molecular formula is C19H25N3O4. The quantitative estimate of drug-likeness (QED) is 0.835. The Kier molecular flexibility index (Phi) is 4.48. The van der Waals surface area contributed by atoms with Gasteiger partial charge in [-0.15, -0.1) is 0 Å². The Balaban J connectivity index is 1.41. The summed E-state index contributed by atoms with van der Waals surface area (Å²) in [6, 6.07) is 8.39. The van der Waals surface area contributed by atoms with E-state index in [2.05, 4.69) is 16.3 Å². The van der Waals surface area contributed by atoms with Gasteiger partial charge in [0.25, 0.3) is 0 Å². The van der Waals surface area contributed by atoms with Gasteiger partial charge >= 0.3 is 12.2 Å². The van der Waals surface area contributed by atoms with E-state index < -0.39 is 5.60 Å². The van der Waals surface area contributed by atoms with Crippen molar-refractivity contribution in [2.45, 2.75) is 37.3 Å². The summed E-state index contributed by atoms with van der Waals surface area (Å²) in [4.78, 5) is 27.9. The summed E-state index contributed by atoms with van der Waals surface area (Å²) in [7, 11) is 1.43. The van der Waals surface area contributed by atoms with Crippen molar-refractivity contribution < 1.29 is 19.1 Å². The third-order valence-corrected chi connectivity index (χ3v) is 5.96. The number of likely N-dealkylation sites (tertiary alicyclic amines) is 2. The summed E-state index contributed by atoms with van der Waals surface area (Å²) in [5.74, 6) is 0. The Morgan fingerprint density at radius 3 is 2.58 bits per heavy atom. The van der Waals surface area contributed by atoms with Crippen molar-refractivity contribution in [1.82, 2.24) is 9.80 Å². The molecule has 0 bridgehead atoms. The van der Waals surface area contributed by atoms with Gasteiger partial charge < -0.3 is 14.4 Å². The van der Waals surface area contributed by atoms with Crippen LogP contribution in [-0.4, -0.2) is 61.3 Å². The lowest BCUT2D eigenvalue weighted by Crippen LogP contribution is -2.53. The number of anilines is 1. The van der Waals surface area contributed by atoms with Gasteiger partial charge in [0.1, 0.15) is 5.60 Å². The van der Waals surface area contributed by atoms with Crippen molar-refractivity contribution in [2.24, 2.45) is 0 Å². The summed E-state index contributed by atoms with van der Waals surface area (Å²) in [6.45, 7) is 3.26. The minimum atomic E-state index is -0.512. The molecule has 2 fully saturated rings. The first-order valence-corrected chi connectivity index (χ1v) is 9.28. The highest BCUT2D eigenvalue weighted by Gasteiger charge is 2.45. The topological polar surface area (TPSA) is 71.1 Å². The SMILES string of the molecule is COC(=O)N1CCC(N2CCC3(CC2)OC(=O)Nc2ccccc23)CC1. The number of carbonyl (C=O) groups excluding carboxylic acids is 2. The van der Waals surface area contributed by atoms with E-state index in [0.29, 0.717) is 6.04 Å². The lowest BCUT2D eigenvalue weighted by Gasteiger charge is -2.47. The number of para-hydroxylation sites is 1. The average Bonchev–Trinajstić information content (AvgIpc) is 2.68. The Morgan fingerprint density at radius 1 is 1.19 bits per heavy atom. The van der Waals surface area contributed by atoms with Gasteiger partial charge in [0.2, 0.25) is 0 Å². The highest BCUT2D eigenvalue weighted by atomic mass is 16.6. The van der Waals surface area contributed by atoms with E-state index in [1.54, 1.807) is 4.90 Å². The van der Waals surface area contributed by atoms with Crippen molar-refractivity contribution in [3.8, 4) is 0 Å². The smallest absolute Gasteiger partial charge is 0.412 e. The van der Waals surface area contributed by atoms with Gasteiger partial charge in [0, 0.05) is 50.6 Å². The van der Waals surface area contributed by atoms with E-state index in [4.69, 9.17) is 9.47 Å². The standard InChI is InChI=1S/C19H25N3O4/c1-25-18(24)22-10-6-14(7-11-22)21-12-8-19(9-13-21)15-4-2-3-5-16(15)20-17(23)26-19/h2-5,14H,6-13H2,1H3,(H,20,23). The van der Waals surface area contributed by atoms with Crippen LogP contribution in [0.15, 0.2) is 24.3 Å². The van der Waals surface area contributed by atoms with Crippen LogP contribution < -0.4 is 5.32 Å². The predicted octanol–water partition coefficient (Wildman–Crippen LogP) is 2.77. The molecule has 0 unspecified atom stereocenters. The number of hydrogen-bond donors (Lipinski definition) is 1. The Hall–Kier alpha value is -2.28. The summed E-state index contributed by atoms with van der Waals surface area (Å²) >= 11 is 0. The van der Waals surface area contributed by atoms with E-state index >= 15 is 0 Å². The summed E-state index contributed by atoms with van der Waals surface area (Å²) < 4.78 is 10.6. The van der Waals surface area contributed by atoms with Gasteiger partial charge in [0.05, 0.1) is 12.8 Å². The zero-order valence-corrected chi connectivity index (χ0v) is 15.1. The Bertz CT molecular complexity index is 692. The first kappa shape index (κ1) is 17.1. The van der Waals surface area contributed by atoms with Crippen LogP contribution in [0.5, 0.6) is 0 Å². The van der Waals surface area contributed by atoms with Crippen molar-refractivity contribution in [3.05, 3.63) is 29.8 Å². The molecule has 1 spiro atoms. The first-order chi connectivity index (χ1) is 12.6. The molecule has 7 nitrogen and oxygen atoms in total. The molecule has 1 N–H and O–H groups in total. The van der Waals surface area contributed by atoms with Crippen LogP contribution in [0.2, 0.25) is 0 Å². The fourth-order valence-corrected chi connectivity index (χ4v) is 4.52. The minimum Gasteiger partial charge on any atom is -0.453 e. The second-order valence-electron chi connectivity index (χ2n) is 7.28. The van der Waals surface area contributed by atoms with Crippen LogP contribution in [0, 0.1) is 0 Å². The molecule has 26 heavy (non-hydrogen) atoms. The maximum atomic E-state index is 12.0. The highest BCUT2D eigenvalue weighted by molar-refractivity contribution is 5.88. The molecule has 140 valence electrons. The van der Waals surface area contributed by atoms with Crippen LogP contribution in [-0.2, 0) is 15.1 Å². The molecule has 4 rings (SSSR count). The number of carbonyl (C=O) groups is 2. The van der Waals surface area contributed by atoms with Crippen LogP contribution >= 0.6 is 0 Å². The lowest BCUT2D eigenvalue weighted by atomic mass is 9.81. The number of benzene rings is 1. The van der Waals surface area contributed by atoms with Crippen LogP contribution in [0.4, 0.5) is 15.3 Å². The molecule has 2 amide bonds. The number of rotatable bonds is 1. The van der Waals surface area contributed by atoms with Gasteiger partial charge in [-0.25, -0.2) is 9.59 Å². The lowest BCUT2D eigenvalue weighted by molar-refractivity contribution is -0.0503. The molecule has 3 aliphatic heterocycles. The van der Waals surface area contributed by atoms with E-state index in [1.165, 1.54) is 7.11 Å². The number of amides is 2. The third-order valence-electron chi connectivity index (χ3n) is 5.96. The van der Waals surface area contributed by atoms with Crippen LogP contribution in [0.25, 0.3) is 0 Å². The highest BCUT2D eigenvalue weighted by Crippen LogP contribution is 2.43. The fourth-order valence-electron chi connectivity index (χ4n) is 4.52. The zero-order valence-electron chi connectivity index (χ0n) is 15.1. The molecule has 0 atom stereocenters. The molecule has 3 aliphatic rings. The largest absolute Gasteiger partial charge is 0.453 e. The first-order valence-electron chi connectivity index (χ1n) is 9.28. The van der Waals surface area contributed by atoms with E-state index in [0.717, 1.165) is 63.1 Å². The molecule has 7 heteroatoms. The maximum absolute atomic E-state index is 12.0. The summed E-state index contributed by atoms with van der Waals surface area (Å²) in [5, 5.41) is 2.80. The summed E-state index contributed by atoms with van der Waals surface area (Å²) in [6.07, 6.45) is 2.92. The third kappa shape index (κ3) is 3.00. The van der Waals surface area contributed by atoms with E-state index in [9.17, 15) is 9.59 Å². The predicted molar refractivity (Wildman–Crippen MR) is 96.0 cm³/mol. The van der Waals surface area contributed by atoms with Crippen LogP contribution in [0.1, 0.15) is 31.2 Å². The monoisotopic (exact) mass is 359 g/mol. The molecule has 3 heterocycles. The molecule has 2 saturated heterocycles. The van der Waals surface area contributed by atoms with Crippen molar-refractivity contribution in [3.63, 3.8) is 0 Å². The van der Waals surface area contributed by atoms with Gasteiger partial charge in [0.15, 0.2) is 0 Å². The van der Waals surface area contributed by atoms with E-state index in [1.807, 2.05) is 18.2 Å². The number of nitrogens with one attached hydrogen (secondary N) is 1. The normalized spacial score (nSPS) is 23.1. The van der Waals surface area contributed by atoms with E-state index in [-0.39, 0.29) is 12.2 Å². The maximum Gasteiger partial charge on any atom is 0.412 e. The number of ether oxygens (including phenoxy) is 2. The number of hydrogen-bond acceptors (Lipinski definition) is 5. The molecule has 0 aliphatic carbocycles. The molecule has 0 radical (unpaired) electrons. The second kappa shape index (κ2) is 6.79. The van der Waals surface area contributed by atoms with Gasteiger partial charge in [-0.05, 0) is 18.9 Å². The molecule has 1 aromatic carbocycles. The molecular weight excluding hydrogens is 334 g/mol.